The molecule has 1 aliphatic heterocycles. The third-order valence-electron chi connectivity index (χ3n) is 3.76. The second kappa shape index (κ2) is 7.07. The summed E-state index contributed by atoms with van der Waals surface area (Å²) in [6.45, 7) is 5.75. The van der Waals surface area contributed by atoms with E-state index in [2.05, 4.69) is 0 Å². The van der Waals surface area contributed by atoms with E-state index in [9.17, 15) is 23.1 Å². The number of benzene rings is 1. The molecule has 0 unspecified atom stereocenters. The molecular formula is C18H22F3NO3. The highest BCUT2D eigenvalue weighted by molar-refractivity contribution is 5.68. The van der Waals surface area contributed by atoms with Crippen LogP contribution in [-0.4, -0.2) is 40.9 Å². The number of β-amino-alcohol motifs (C(OH)–C–C–N with tert-alkyl or cyclic N) is 1. The molecule has 0 radical (unpaired) electrons. The standard InChI is InChI=1S/C18H22F3NO3/c1-17(2,3)25-16(24)22-10-13(15(23)11-22)7-4-12-5-8-14(9-6-12)18(19,20)21/h4-9,13,15,23H,10-11H2,1-3H3/t13-,15-/m1/s1. The monoisotopic (exact) mass is 357 g/mol. The Hall–Kier alpha value is -2.02. The van der Waals surface area contributed by atoms with Crippen LogP contribution < -0.4 is 0 Å². The molecule has 1 aliphatic rings. The molecule has 1 amide bonds. The van der Waals surface area contributed by atoms with Gasteiger partial charge in [0, 0.05) is 12.5 Å². The average Bonchev–Trinajstić information content (AvgIpc) is 2.84. The summed E-state index contributed by atoms with van der Waals surface area (Å²) in [6.07, 6.45) is -2.24. The Morgan fingerprint density at radius 3 is 2.32 bits per heavy atom. The first-order valence-corrected chi connectivity index (χ1v) is 7.97. The van der Waals surface area contributed by atoms with E-state index in [1.54, 1.807) is 32.9 Å². The molecule has 0 aromatic heterocycles. The minimum Gasteiger partial charge on any atom is -0.444 e. The Labute approximate surface area is 144 Å². The molecule has 0 bridgehead atoms. The van der Waals surface area contributed by atoms with Gasteiger partial charge >= 0.3 is 12.3 Å². The Bertz CT molecular complexity index is 632. The summed E-state index contributed by atoms with van der Waals surface area (Å²) >= 11 is 0. The van der Waals surface area contributed by atoms with Crippen LogP contribution in [0.3, 0.4) is 0 Å². The topological polar surface area (TPSA) is 49.8 Å². The fourth-order valence-electron chi connectivity index (χ4n) is 2.49. The van der Waals surface area contributed by atoms with Gasteiger partial charge in [-0.25, -0.2) is 4.79 Å². The van der Waals surface area contributed by atoms with Gasteiger partial charge in [-0.2, -0.15) is 13.2 Å². The fraction of sp³-hybridized carbons (Fsp3) is 0.500. The lowest BCUT2D eigenvalue weighted by molar-refractivity contribution is -0.137. The summed E-state index contributed by atoms with van der Waals surface area (Å²) in [4.78, 5) is 13.4. The lowest BCUT2D eigenvalue weighted by Crippen LogP contribution is -2.35. The summed E-state index contributed by atoms with van der Waals surface area (Å²) in [5.41, 5.74) is -0.728. The zero-order valence-electron chi connectivity index (χ0n) is 14.4. The molecule has 2 rings (SSSR count). The SMILES string of the molecule is CC(C)(C)OC(=O)N1C[C@@H](O)[C@H](C=Cc2ccc(C(F)(F)F)cc2)C1. The van der Waals surface area contributed by atoms with Crippen molar-refractivity contribution in [2.24, 2.45) is 5.92 Å². The van der Waals surface area contributed by atoms with Gasteiger partial charge in [0.1, 0.15) is 5.60 Å². The van der Waals surface area contributed by atoms with E-state index >= 15 is 0 Å². The van der Waals surface area contributed by atoms with Gasteiger partial charge in [0.05, 0.1) is 18.2 Å². The van der Waals surface area contributed by atoms with Gasteiger partial charge in [0.25, 0.3) is 0 Å². The van der Waals surface area contributed by atoms with E-state index in [0.717, 1.165) is 12.1 Å². The van der Waals surface area contributed by atoms with E-state index in [0.29, 0.717) is 12.1 Å². The van der Waals surface area contributed by atoms with E-state index in [4.69, 9.17) is 4.74 Å². The molecule has 0 aliphatic carbocycles. The molecule has 1 N–H and O–H groups in total. The largest absolute Gasteiger partial charge is 0.444 e. The van der Waals surface area contributed by atoms with Crippen molar-refractivity contribution in [3.05, 3.63) is 41.5 Å². The summed E-state index contributed by atoms with van der Waals surface area (Å²) in [7, 11) is 0. The predicted octanol–water partition coefficient (Wildman–Crippen LogP) is 3.95. The van der Waals surface area contributed by atoms with Crippen molar-refractivity contribution in [3.8, 4) is 0 Å². The first-order valence-electron chi connectivity index (χ1n) is 7.97. The molecule has 1 saturated heterocycles. The third kappa shape index (κ3) is 5.49. The van der Waals surface area contributed by atoms with Gasteiger partial charge in [-0.15, -0.1) is 0 Å². The van der Waals surface area contributed by atoms with Gasteiger partial charge in [0.15, 0.2) is 0 Å². The smallest absolute Gasteiger partial charge is 0.416 e. The van der Waals surface area contributed by atoms with Gasteiger partial charge in [-0.3, -0.25) is 0 Å². The van der Waals surface area contributed by atoms with Crippen molar-refractivity contribution in [2.45, 2.75) is 38.7 Å². The zero-order chi connectivity index (χ0) is 18.8. The third-order valence-corrected chi connectivity index (χ3v) is 3.76. The van der Waals surface area contributed by atoms with Crippen molar-refractivity contribution in [1.82, 2.24) is 4.90 Å². The minimum atomic E-state index is -4.36. The molecule has 1 aromatic carbocycles. The highest BCUT2D eigenvalue weighted by Gasteiger charge is 2.34. The summed E-state index contributed by atoms with van der Waals surface area (Å²) in [5.74, 6) is -0.296. The molecule has 1 fully saturated rings. The Balaban J connectivity index is 1.98. The fourth-order valence-corrected chi connectivity index (χ4v) is 2.49. The van der Waals surface area contributed by atoms with E-state index in [-0.39, 0.29) is 12.5 Å². The van der Waals surface area contributed by atoms with Gasteiger partial charge in [0.2, 0.25) is 0 Å². The number of alkyl halides is 3. The number of aliphatic hydroxyl groups is 1. The summed E-state index contributed by atoms with van der Waals surface area (Å²) in [6, 6.07) is 4.76. The molecule has 0 spiro atoms. The van der Waals surface area contributed by atoms with Crippen LogP contribution >= 0.6 is 0 Å². The summed E-state index contributed by atoms with van der Waals surface area (Å²) < 4.78 is 42.9. The van der Waals surface area contributed by atoms with Crippen molar-refractivity contribution in [3.63, 3.8) is 0 Å². The van der Waals surface area contributed by atoms with Crippen LogP contribution in [0, 0.1) is 5.92 Å². The quantitative estimate of drug-likeness (QED) is 0.872. The molecule has 1 aromatic rings. The summed E-state index contributed by atoms with van der Waals surface area (Å²) in [5, 5.41) is 10.1. The van der Waals surface area contributed by atoms with Crippen LogP contribution in [0.2, 0.25) is 0 Å². The number of aliphatic hydroxyl groups excluding tert-OH is 1. The van der Waals surface area contributed by atoms with Crippen molar-refractivity contribution in [2.75, 3.05) is 13.1 Å². The van der Waals surface area contributed by atoms with Crippen molar-refractivity contribution in [1.29, 1.82) is 0 Å². The number of hydrogen-bond acceptors (Lipinski definition) is 3. The molecule has 25 heavy (non-hydrogen) atoms. The van der Waals surface area contributed by atoms with Crippen LogP contribution in [-0.2, 0) is 10.9 Å². The lowest BCUT2D eigenvalue weighted by atomic mass is 10.0. The number of rotatable bonds is 2. The highest BCUT2D eigenvalue weighted by atomic mass is 19.4. The molecule has 1 heterocycles. The van der Waals surface area contributed by atoms with Gasteiger partial charge in [-0.1, -0.05) is 24.3 Å². The van der Waals surface area contributed by atoms with Crippen molar-refractivity contribution >= 4 is 12.2 Å². The Kier molecular flexibility index (Phi) is 5.46. The maximum atomic E-state index is 12.5. The number of nitrogens with zero attached hydrogens (tertiary/aromatic N) is 1. The maximum Gasteiger partial charge on any atom is 0.416 e. The maximum absolute atomic E-state index is 12.5. The minimum absolute atomic E-state index is 0.164. The number of carbonyl (C=O) groups excluding carboxylic acids is 1. The van der Waals surface area contributed by atoms with Crippen LogP contribution in [0.25, 0.3) is 6.08 Å². The number of halogens is 3. The van der Waals surface area contributed by atoms with E-state index < -0.39 is 29.5 Å². The van der Waals surface area contributed by atoms with Crippen LogP contribution in [0.4, 0.5) is 18.0 Å². The van der Waals surface area contributed by atoms with Gasteiger partial charge < -0.3 is 14.7 Å². The van der Waals surface area contributed by atoms with E-state index in [1.807, 2.05) is 0 Å². The van der Waals surface area contributed by atoms with Crippen LogP contribution in [0.1, 0.15) is 31.9 Å². The molecule has 0 saturated carbocycles. The number of carbonyl (C=O) groups is 1. The molecule has 7 heteroatoms. The average molecular weight is 357 g/mol. The first kappa shape index (κ1) is 19.3. The van der Waals surface area contributed by atoms with Gasteiger partial charge in [-0.05, 0) is 38.5 Å². The molecule has 2 atom stereocenters. The molecule has 138 valence electrons. The molecular weight excluding hydrogens is 335 g/mol. The first-order chi connectivity index (χ1) is 11.5. The van der Waals surface area contributed by atoms with Crippen LogP contribution in [0.15, 0.2) is 30.3 Å². The van der Waals surface area contributed by atoms with Crippen molar-refractivity contribution < 1.29 is 27.8 Å². The highest BCUT2D eigenvalue weighted by Crippen LogP contribution is 2.29. The zero-order valence-corrected chi connectivity index (χ0v) is 14.4. The van der Waals surface area contributed by atoms with Crippen LogP contribution in [0.5, 0.6) is 0 Å². The Morgan fingerprint density at radius 1 is 1.20 bits per heavy atom. The second-order valence-electron chi connectivity index (χ2n) is 7.10. The molecule has 4 nitrogen and oxygen atoms in total. The number of hydrogen-bond donors (Lipinski definition) is 1. The Morgan fingerprint density at radius 2 is 1.80 bits per heavy atom. The number of ether oxygens (including phenoxy) is 1. The predicted molar refractivity (Wildman–Crippen MR) is 87.8 cm³/mol. The number of likely N-dealkylation sites (tertiary alicyclic amines) is 1. The normalized spacial score (nSPS) is 21.8. The number of amides is 1. The lowest BCUT2D eigenvalue weighted by Gasteiger charge is -2.24. The second-order valence-corrected chi connectivity index (χ2v) is 7.10. The van der Waals surface area contributed by atoms with E-state index in [1.165, 1.54) is 17.0 Å².